The van der Waals surface area contributed by atoms with Gasteiger partial charge in [0.05, 0.1) is 0 Å². The number of carbonyl (C=O) groups excluding carboxylic acids is 1. The fourth-order valence-electron chi connectivity index (χ4n) is 2.55. The minimum atomic E-state index is -0.215. The van der Waals surface area contributed by atoms with E-state index in [4.69, 9.17) is 4.74 Å². The Labute approximate surface area is 152 Å². The maximum atomic E-state index is 12.4. The van der Waals surface area contributed by atoms with Gasteiger partial charge in [-0.15, -0.1) is 0 Å². The molecule has 6 heteroatoms. The Balaban J connectivity index is 1.57. The molecule has 1 aromatic carbocycles. The predicted molar refractivity (Wildman–Crippen MR) is 99.0 cm³/mol. The molecule has 3 aromatic rings. The first-order valence-electron chi connectivity index (χ1n) is 8.32. The summed E-state index contributed by atoms with van der Waals surface area (Å²) in [7, 11) is 1.62. The minimum absolute atomic E-state index is 0.215. The van der Waals surface area contributed by atoms with Crippen molar-refractivity contribution >= 4 is 11.6 Å². The van der Waals surface area contributed by atoms with Crippen molar-refractivity contribution in [3.63, 3.8) is 0 Å². The van der Waals surface area contributed by atoms with Crippen LogP contribution >= 0.6 is 0 Å². The quantitative estimate of drug-likeness (QED) is 0.716. The van der Waals surface area contributed by atoms with Gasteiger partial charge >= 0.3 is 0 Å². The number of ether oxygens (including phenoxy) is 1. The summed E-state index contributed by atoms with van der Waals surface area (Å²) in [5.41, 5.74) is 3.97. The van der Waals surface area contributed by atoms with Crippen molar-refractivity contribution in [3.05, 3.63) is 65.4 Å². The Morgan fingerprint density at radius 1 is 1.23 bits per heavy atom. The molecular weight excluding hydrogens is 328 g/mol. The van der Waals surface area contributed by atoms with E-state index in [1.807, 2.05) is 37.3 Å². The van der Waals surface area contributed by atoms with Gasteiger partial charge < -0.3 is 10.1 Å². The van der Waals surface area contributed by atoms with Crippen LogP contribution in [-0.4, -0.2) is 40.5 Å². The molecule has 0 unspecified atom stereocenters. The second-order valence-corrected chi connectivity index (χ2v) is 5.81. The van der Waals surface area contributed by atoms with Gasteiger partial charge in [-0.3, -0.25) is 9.20 Å². The van der Waals surface area contributed by atoms with Crippen LogP contribution in [0.5, 0.6) is 0 Å². The first-order chi connectivity index (χ1) is 12.7. The van der Waals surface area contributed by atoms with Gasteiger partial charge in [-0.05, 0) is 37.1 Å². The zero-order valence-electron chi connectivity index (χ0n) is 14.8. The number of amides is 1. The van der Waals surface area contributed by atoms with E-state index in [0.29, 0.717) is 24.5 Å². The highest BCUT2D eigenvalue weighted by molar-refractivity contribution is 5.97. The number of nitrogens with one attached hydrogen (secondary N) is 1. The number of hydrogen-bond donors (Lipinski definition) is 1. The molecule has 132 valence electrons. The van der Waals surface area contributed by atoms with Gasteiger partial charge in [-0.25, -0.2) is 9.97 Å². The predicted octanol–water partition coefficient (Wildman–Crippen LogP) is 2.01. The lowest BCUT2D eigenvalue weighted by Crippen LogP contribution is -2.26. The Kier molecular flexibility index (Phi) is 5.62. The lowest BCUT2D eigenvalue weighted by molar-refractivity contribution is 0.0951. The molecular formula is C20H20N4O2. The Hall–Kier alpha value is -3.17. The number of carbonyl (C=O) groups is 1. The molecule has 0 saturated carbocycles. The van der Waals surface area contributed by atoms with Crippen molar-refractivity contribution in [2.45, 2.75) is 13.3 Å². The second-order valence-electron chi connectivity index (χ2n) is 5.81. The number of aromatic nitrogens is 3. The normalized spacial score (nSPS) is 10.4. The van der Waals surface area contributed by atoms with E-state index in [0.717, 1.165) is 23.2 Å². The number of benzene rings is 1. The van der Waals surface area contributed by atoms with Crippen LogP contribution in [0.2, 0.25) is 0 Å². The van der Waals surface area contributed by atoms with Crippen LogP contribution < -0.4 is 5.32 Å². The van der Waals surface area contributed by atoms with Crippen molar-refractivity contribution < 1.29 is 9.53 Å². The SMILES string of the molecule is COCC#Cc1ccc(CCNC(=O)c2ncn3c(C)ccnc23)cc1. The molecule has 0 bridgehead atoms. The lowest BCUT2D eigenvalue weighted by Gasteiger charge is -2.04. The first kappa shape index (κ1) is 17.6. The van der Waals surface area contributed by atoms with Gasteiger partial charge in [0.25, 0.3) is 5.91 Å². The summed E-state index contributed by atoms with van der Waals surface area (Å²) >= 11 is 0. The van der Waals surface area contributed by atoms with E-state index < -0.39 is 0 Å². The van der Waals surface area contributed by atoms with Crippen LogP contribution in [0.4, 0.5) is 0 Å². The van der Waals surface area contributed by atoms with E-state index in [-0.39, 0.29) is 5.91 Å². The number of fused-ring (bicyclic) bond motifs is 1. The van der Waals surface area contributed by atoms with E-state index in [1.54, 1.807) is 24.0 Å². The van der Waals surface area contributed by atoms with E-state index in [2.05, 4.69) is 27.1 Å². The fourth-order valence-corrected chi connectivity index (χ4v) is 2.55. The summed E-state index contributed by atoms with van der Waals surface area (Å²) in [4.78, 5) is 20.8. The minimum Gasteiger partial charge on any atom is -0.372 e. The van der Waals surface area contributed by atoms with Crippen molar-refractivity contribution in [2.75, 3.05) is 20.3 Å². The summed E-state index contributed by atoms with van der Waals surface area (Å²) in [5.74, 6) is 5.73. The molecule has 0 aliphatic heterocycles. The van der Waals surface area contributed by atoms with Gasteiger partial charge in [0, 0.05) is 31.1 Å². The molecule has 1 N–H and O–H groups in total. The third-order valence-corrected chi connectivity index (χ3v) is 3.95. The van der Waals surface area contributed by atoms with Gasteiger partial charge in [0.15, 0.2) is 11.3 Å². The number of imidazole rings is 1. The van der Waals surface area contributed by atoms with Crippen LogP contribution in [0.3, 0.4) is 0 Å². The van der Waals surface area contributed by atoms with Crippen molar-refractivity contribution in [2.24, 2.45) is 0 Å². The Bertz CT molecular complexity index is 965. The smallest absolute Gasteiger partial charge is 0.273 e. The summed E-state index contributed by atoms with van der Waals surface area (Å²) in [6.07, 6.45) is 4.03. The highest BCUT2D eigenvalue weighted by atomic mass is 16.5. The summed E-state index contributed by atoms with van der Waals surface area (Å²) in [6, 6.07) is 9.84. The van der Waals surface area contributed by atoms with E-state index >= 15 is 0 Å². The summed E-state index contributed by atoms with van der Waals surface area (Å²) in [5, 5.41) is 2.90. The standard InChI is InChI=1S/C20H20N4O2/c1-15-9-11-21-19-18(23-14-24(15)19)20(25)22-12-10-17-7-5-16(6-8-17)4-3-13-26-2/h5-9,11,14H,10,12-13H2,1-2H3,(H,22,25). The molecule has 0 radical (unpaired) electrons. The second kappa shape index (κ2) is 8.28. The third kappa shape index (κ3) is 4.08. The highest BCUT2D eigenvalue weighted by Gasteiger charge is 2.14. The molecule has 0 spiro atoms. The Morgan fingerprint density at radius 3 is 2.81 bits per heavy atom. The summed E-state index contributed by atoms with van der Waals surface area (Å²) < 4.78 is 6.71. The molecule has 3 rings (SSSR count). The zero-order valence-corrected chi connectivity index (χ0v) is 14.8. The first-order valence-corrected chi connectivity index (χ1v) is 8.32. The number of methoxy groups -OCH3 is 1. The average molecular weight is 348 g/mol. The molecule has 6 nitrogen and oxygen atoms in total. The molecule has 0 aliphatic carbocycles. The van der Waals surface area contributed by atoms with Crippen LogP contribution in [0.15, 0.2) is 42.9 Å². The molecule has 0 aliphatic rings. The third-order valence-electron chi connectivity index (χ3n) is 3.95. The van der Waals surface area contributed by atoms with Crippen LogP contribution in [0.25, 0.3) is 5.65 Å². The zero-order chi connectivity index (χ0) is 18.4. The Morgan fingerprint density at radius 2 is 2.04 bits per heavy atom. The molecule has 0 atom stereocenters. The maximum Gasteiger partial charge on any atom is 0.273 e. The molecule has 0 fully saturated rings. The monoisotopic (exact) mass is 348 g/mol. The van der Waals surface area contributed by atoms with Crippen molar-refractivity contribution in [3.8, 4) is 11.8 Å². The molecule has 1 amide bonds. The number of hydrogen-bond acceptors (Lipinski definition) is 4. The van der Waals surface area contributed by atoms with Gasteiger partial charge in [-0.1, -0.05) is 24.0 Å². The van der Waals surface area contributed by atoms with Crippen LogP contribution in [-0.2, 0) is 11.2 Å². The highest BCUT2D eigenvalue weighted by Crippen LogP contribution is 2.09. The topological polar surface area (TPSA) is 68.5 Å². The van der Waals surface area contributed by atoms with Crippen molar-refractivity contribution in [1.29, 1.82) is 0 Å². The number of rotatable bonds is 5. The van der Waals surface area contributed by atoms with E-state index in [9.17, 15) is 4.79 Å². The molecule has 0 saturated heterocycles. The van der Waals surface area contributed by atoms with Crippen LogP contribution in [0.1, 0.15) is 27.3 Å². The fraction of sp³-hybridized carbons (Fsp3) is 0.250. The number of nitrogens with zero attached hydrogens (tertiary/aromatic N) is 3. The largest absolute Gasteiger partial charge is 0.372 e. The molecule has 2 heterocycles. The molecule has 26 heavy (non-hydrogen) atoms. The van der Waals surface area contributed by atoms with Crippen LogP contribution in [0, 0.1) is 18.8 Å². The number of aryl methyl sites for hydroxylation is 1. The van der Waals surface area contributed by atoms with Gasteiger partial charge in [-0.2, -0.15) is 0 Å². The van der Waals surface area contributed by atoms with E-state index in [1.165, 1.54) is 0 Å². The van der Waals surface area contributed by atoms with Gasteiger partial charge in [0.1, 0.15) is 12.9 Å². The van der Waals surface area contributed by atoms with Gasteiger partial charge in [0.2, 0.25) is 0 Å². The molecule has 2 aromatic heterocycles. The average Bonchev–Trinajstić information content (AvgIpc) is 3.09. The summed E-state index contributed by atoms with van der Waals surface area (Å²) in [6.45, 7) is 2.89. The maximum absolute atomic E-state index is 12.4. The lowest BCUT2D eigenvalue weighted by atomic mass is 10.1. The van der Waals surface area contributed by atoms with Crippen molar-refractivity contribution in [1.82, 2.24) is 19.7 Å².